The first-order valence-corrected chi connectivity index (χ1v) is 5.74. The fourth-order valence-electron chi connectivity index (χ4n) is 1.75. The lowest BCUT2D eigenvalue weighted by atomic mass is 10.1. The number of nitrogens with one attached hydrogen (secondary N) is 2. The highest BCUT2D eigenvalue weighted by molar-refractivity contribution is 5.99. The molecule has 1 aromatic carbocycles. The Morgan fingerprint density at radius 3 is 2.89 bits per heavy atom. The maximum absolute atomic E-state index is 12.0. The number of nitrogens with zero attached hydrogens (tertiary/aromatic N) is 1. The molecule has 18 heavy (non-hydrogen) atoms. The number of carbonyl (C=O) groups excluding carboxylic acids is 1. The molecule has 0 fully saturated rings. The van der Waals surface area contributed by atoms with Crippen molar-refractivity contribution in [2.24, 2.45) is 0 Å². The van der Waals surface area contributed by atoms with Gasteiger partial charge in [0.1, 0.15) is 5.82 Å². The van der Waals surface area contributed by atoms with Crippen LogP contribution in [0.25, 0.3) is 0 Å². The highest BCUT2D eigenvalue weighted by Gasteiger charge is 2.14. The Labute approximate surface area is 105 Å². The lowest BCUT2D eigenvalue weighted by molar-refractivity contribution is 0.0939. The highest BCUT2D eigenvalue weighted by Crippen LogP contribution is 2.15. The first kappa shape index (κ1) is 12.2. The molecule has 0 spiro atoms. The second kappa shape index (κ2) is 4.91. The molecule has 4 N–H and O–H groups in total. The number of imidazole rings is 1. The number of aryl methyl sites for hydroxylation is 1. The molecular formula is C13H16N4O. The van der Waals surface area contributed by atoms with Gasteiger partial charge in [0.2, 0.25) is 0 Å². The molecule has 1 atom stereocenters. The van der Waals surface area contributed by atoms with Gasteiger partial charge in [-0.1, -0.05) is 6.07 Å². The van der Waals surface area contributed by atoms with E-state index in [4.69, 9.17) is 5.73 Å². The molecule has 0 saturated carbocycles. The van der Waals surface area contributed by atoms with Crippen molar-refractivity contribution in [2.45, 2.75) is 19.9 Å². The zero-order valence-electron chi connectivity index (χ0n) is 10.4. The molecule has 0 saturated heterocycles. The topological polar surface area (TPSA) is 83.8 Å². The first-order valence-electron chi connectivity index (χ1n) is 5.74. The molecule has 5 nitrogen and oxygen atoms in total. The van der Waals surface area contributed by atoms with E-state index in [-0.39, 0.29) is 11.9 Å². The normalized spacial score (nSPS) is 12.1. The van der Waals surface area contributed by atoms with Gasteiger partial charge in [0.15, 0.2) is 0 Å². The van der Waals surface area contributed by atoms with Gasteiger partial charge in [0.05, 0.1) is 11.6 Å². The standard InChI is InChI=1S/C13H16N4O/c1-8-3-4-10(11(14)7-8)13(18)17-9(2)12-15-5-6-16-12/h3-7,9H,14H2,1-2H3,(H,15,16)(H,17,18). The lowest BCUT2D eigenvalue weighted by Gasteiger charge is -2.13. The minimum atomic E-state index is -0.198. The Hall–Kier alpha value is -2.30. The summed E-state index contributed by atoms with van der Waals surface area (Å²) in [5, 5.41) is 2.85. The molecule has 5 heteroatoms. The molecule has 2 aromatic rings. The van der Waals surface area contributed by atoms with Crippen LogP contribution in [0, 0.1) is 6.92 Å². The van der Waals surface area contributed by atoms with Gasteiger partial charge >= 0.3 is 0 Å². The third-order valence-corrected chi connectivity index (χ3v) is 2.73. The fraction of sp³-hybridized carbons (Fsp3) is 0.231. The monoisotopic (exact) mass is 244 g/mol. The van der Waals surface area contributed by atoms with Gasteiger partial charge in [0.25, 0.3) is 5.91 Å². The van der Waals surface area contributed by atoms with E-state index in [0.29, 0.717) is 17.1 Å². The molecule has 2 rings (SSSR count). The summed E-state index contributed by atoms with van der Waals surface area (Å²) in [6.07, 6.45) is 3.37. The number of hydrogen-bond donors (Lipinski definition) is 3. The number of carbonyl (C=O) groups is 1. The van der Waals surface area contributed by atoms with Gasteiger partial charge < -0.3 is 16.0 Å². The van der Waals surface area contributed by atoms with Crippen molar-refractivity contribution in [3.8, 4) is 0 Å². The van der Waals surface area contributed by atoms with E-state index in [0.717, 1.165) is 5.56 Å². The number of anilines is 1. The van der Waals surface area contributed by atoms with Crippen LogP contribution in [-0.4, -0.2) is 15.9 Å². The molecule has 0 aliphatic carbocycles. The van der Waals surface area contributed by atoms with Crippen molar-refractivity contribution < 1.29 is 4.79 Å². The predicted molar refractivity (Wildman–Crippen MR) is 70.1 cm³/mol. The van der Waals surface area contributed by atoms with E-state index in [2.05, 4.69) is 15.3 Å². The van der Waals surface area contributed by atoms with Crippen LogP contribution in [0.15, 0.2) is 30.6 Å². The van der Waals surface area contributed by atoms with Crippen molar-refractivity contribution in [3.63, 3.8) is 0 Å². The summed E-state index contributed by atoms with van der Waals surface area (Å²) in [6.45, 7) is 3.80. The Morgan fingerprint density at radius 1 is 1.50 bits per heavy atom. The number of aromatic nitrogens is 2. The summed E-state index contributed by atoms with van der Waals surface area (Å²) in [4.78, 5) is 19.1. The van der Waals surface area contributed by atoms with Crippen LogP contribution in [-0.2, 0) is 0 Å². The number of benzene rings is 1. The molecule has 1 aromatic heterocycles. The van der Waals surface area contributed by atoms with Gasteiger partial charge in [-0.25, -0.2) is 4.98 Å². The Balaban J connectivity index is 2.12. The quantitative estimate of drug-likeness (QED) is 0.720. The van der Waals surface area contributed by atoms with Crippen LogP contribution in [0.3, 0.4) is 0 Å². The van der Waals surface area contributed by atoms with E-state index in [1.165, 1.54) is 0 Å². The average molecular weight is 244 g/mol. The zero-order chi connectivity index (χ0) is 13.1. The first-order chi connectivity index (χ1) is 8.58. The van der Waals surface area contributed by atoms with Crippen LogP contribution < -0.4 is 11.1 Å². The van der Waals surface area contributed by atoms with Crippen molar-refractivity contribution in [3.05, 3.63) is 47.5 Å². The van der Waals surface area contributed by atoms with Crippen LogP contribution >= 0.6 is 0 Å². The van der Waals surface area contributed by atoms with Gasteiger partial charge in [-0.15, -0.1) is 0 Å². The van der Waals surface area contributed by atoms with Gasteiger partial charge in [-0.05, 0) is 31.5 Å². The van der Waals surface area contributed by atoms with Crippen molar-refractivity contribution >= 4 is 11.6 Å². The van der Waals surface area contributed by atoms with E-state index in [9.17, 15) is 4.79 Å². The third-order valence-electron chi connectivity index (χ3n) is 2.73. The smallest absolute Gasteiger partial charge is 0.253 e. The molecule has 1 amide bonds. The van der Waals surface area contributed by atoms with Gasteiger partial charge in [-0.3, -0.25) is 4.79 Å². The van der Waals surface area contributed by atoms with Gasteiger partial charge in [0, 0.05) is 18.1 Å². The third kappa shape index (κ3) is 2.51. The fourth-order valence-corrected chi connectivity index (χ4v) is 1.75. The molecule has 1 unspecified atom stereocenters. The van der Waals surface area contributed by atoms with E-state index >= 15 is 0 Å². The van der Waals surface area contributed by atoms with Crippen LogP contribution in [0.1, 0.15) is 34.7 Å². The molecule has 0 bridgehead atoms. The Kier molecular flexibility index (Phi) is 3.32. The maximum Gasteiger partial charge on any atom is 0.253 e. The number of aromatic amines is 1. The summed E-state index contributed by atoms with van der Waals surface area (Å²) < 4.78 is 0. The minimum absolute atomic E-state index is 0.187. The molecule has 0 aliphatic heterocycles. The zero-order valence-corrected chi connectivity index (χ0v) is 10.4. The number of amides is 1. The summed E-state index contributed by atoms with van der Waals surface area (Å²) in [7, 11) is 0. The van der Waals surface area contributed by atoms with Crippen LogP contribution in [0.2, 0.25) is 0 Å². The molecule has 0 aliphatic rings. The summed E-state index contributed by atoms with van der Waals surface area (Å²) in [5.74, 6) is 0.519. The lowest BCUT2D eigenvalue weighted by Crippen LogP contribution is -2.28. The summed E-state index contributed by atoms with van der Waals surface area (Å²) in [5.41, 5.74) is 7.83. The van der Waals surface area contributed by atoms with Crippen molar-refractivity contribution in [1.82, 2.24) is 15.3 Å². The molecule has 1 heterocycles. The number of hydrogen-bond acceptors (Lipinski definition) is 3. The van der Waals surface area contributed by atoms with Crippen LogP contribution in [0.4, 0.5) is 5.69 Å². The van der Waals surface area contributed by atoms with E-state index < -0.39 is 0 Å². The summed E-state index contributed by atoms with van der Waals surface area (Å²) >= 11 is 0. The second-order valence-electron chi connectivity index (χ2n) is 4.26. The molecule has 94 valence electrons. The van der Waals surface area contributed by atoms with E-state index in [1.807, 2.05) is 19.9 Å². The average Bonchev–Trinajstić information content (AvgIpc) is 2.81. The van der Waals surface area contributed by atoms with Crippen molar-refractivity contribution in [2.75, 3.05) is 5.73 Å². The predicted octanol–water partition coefficient (Wildman–Crippen LogP) is 1.79. The number of nitrogen functional groups attached to an aromatic ring is 1. The van der Waals surface area contributed by atoms with E-state index in [1.54, 1.807) is 24.5 Å². The van der Waals surface area contributed by atoms with Crippen LogP contribution in [0.5, 0.6) is 0 Å². The Bertz CT molecular complexity index is 548. The highest BCUT2D eigenvalue weighted by atomic mass is 16.1. The molecular weight excluding hydrogens is 228 g/mol. The summed E-state index contributed by atoms with van der Waals surface area (Å²) in [6, 6.07) is 5.19. The minimum Gasteiger partial charge on any atom is -0.398 e. The van der Waals surface area contributed by atoms with Crippen molar-refractivity contribution in [1.29, 1.82) is 0 Å². The Morgan fingerprint density at radius 2 is 2.28 bits per heavy atom. The molecule has 0 radical (unpaired) electrons. The number of H-pyrrole nitrogens is 1. The van der Waals surface area contributed by atoms with Gasteiger partial charge in [-0.2, -0.15) is 0 Å². The largest absolute Gasteiger partial charge is 0.398 e. The second-order valence-corrected chi connectivity index (χ2v) is 4.26. The maximum atomic E-state index is 12.0. The number of nitrogens with two attached hydrogens (primary N) is 1. The number of rotatable bonds is 3. The SMILES string of the molecule is Cc1ccc(C(=O)NC(C)c2ncc[nH]2)c(N)c1.